The van der Waals surface area contributed by atoms with E-state index in [-0.39, 0.29) is 12.4 Å². The maximum atomic E-state index is 12.2. The molecule has 0 atom stereocenters. The number of halogens is 1. The quantitative estimate of drug-likeness (QED) is 0.580. The van der Waals surface area contributed by atoms with Crippen molar-refractivity contribution >= 4 is 23.4 Å². The zero-order valence-electron chi connectivity index (χ0n) is 13.8. The van der Waals surface area contributed by atoms with Gasteiger partial charge in [-0.2, -0.15) is 0 Å². The second-order valence-electron chi connectivity index (χ2n) is 5.93. The fourth-order valence-corrected chi connectivity index (χ4v) is 2.09. The summed E-state index contributed by atoms with van der Waals surface area (Å²) in [5.74, 6) is -0.380. The fourth-order valence-electron chi connectivity index (χ4n) is 1.97. The van der Waals surface area contributed by atoms with E-state index < -0.39 is 11.6 Å². The molecule has 0 N–H and O–H groups in total. The molecule has 0 aliphatic heterocycles. The van der Waals surface area contributed by atoms with Gasteiger partial charge in [-0.1, -0.05) is 41.4 Å². The van der Waals surface area contributed by atoms with E-state index in [9.17, 15) is 9.59 Å². The lowest BCUT2D eigenvalue weighted by Crippen LogP contribution is -2.40. The minimum Gasteiger partial charge on any atom is -0.476 e. The van der Waals surface area contributed by atoms with Gasteiger partial charge in [-0.25, -0.2) is 4.79 Å². The first kappa shape index (κ1) is 18.0. The Morgan fingerprint density at radius 2 is 1.58 bits per heavy atom. The molecule has 126 valence electrons. The number of hydrogen-bond donors (Lipinski definition) is 0. The largest absolute Gasteiger partial charge is 0.476 e. The van der Waals surface area contributed by atoms with Gasteiger partial charge < -0.3 is 9.47 Å². The van der Waals surface area contributed by atoms with Gasteiger partial charge in [-0.05, 0) is 45.0 Å². The predicted molar refractivity (Wildman–Crippen MR) is 92.6 cm³/mol. The monoisotopic (exact) mass is 346 g/mol. The standard InChI is InChI=1S/C19H19ClO4/c1-13-4-6-14(7-5-13)17(21)12-23-18(22)19(2,3)24-16-10-8-15(20)9-11-16/h4-11H,12H2,1-3H3. The molecular weight excluding hydrogens is 328 g/mol. The van der Waals surface area contributed by atoms with Crippen molar-refractivity contribution < 1.29 is 19.1 Å². The SMILES string of the molecule is Cc1ccc(C(=O)COC(=O)C(C)(C)Oc2ccc(Cl)cc2)cc1. The maximum Gasteiger partial charge on any atom is 0.350 e. The molecule has 0 aliphatic carbocycles. The third-order valence-electron chi connectivity index (χ3n) is 3.39. The lowest BCUT2D eigenvalue weighted by atomic mass is 10.1. The van der Waals surface area contributed by atoms with Gasteiger partial charge in [0.05, 0.1) is 0 Å². The highest BCUT2D eigenvalue weighted by Gasteiger charge is 2.32. The van der Waals surface area contributed by atoms with E-state index >= 15 is 0 Å². The predicted octanol–water partition coefficient (Wildman–Crippen LogP) is 4.23. The van der Waals surface area contributed by atoms with E-state index in [1.165, 1.54) is 0 Å². The number of ketones is 1. The van der Waals surface area contributed by atoms with Crippen molar-refractivity contribution in [3.05, 3.63) is 64.7 Å². The number of rotatable bonds is 6. The minimum atomic E-state index is -1.22. The van der Waals surface area contributed by atoms with Crippen LogP contribution in [0.2, 0.25) is 5.02 Å². The van der Waals surface area contributed by atoms with E-state index in [1.54, 1.807) is 50.2 Å². The van der Waals surface area contributed by atoms with Crippen LogP contribution in [0.1, 0.15) is 29.8 Å². The van der Waals surface area contributed by atoms with Crippen LogP contribution in [0.3, 0.4) is 0 Å². The molecule has 2 aromatic carbocycles. The first-order chi connectivity index (χ1) is 11.3. The van der Waals surface area contributed by atoms with Gasteiger partial charge in [0.25, 0.3) is 0 Å². The number of benzene rings is 2. The summed E-state index contributed by atoms with van der Waals surface area (Å²) in [5, 5.41) is 0.575. The Bertz CT molecular complexity index is 718. The summed E-state index contributed by atoms with van der Waals surface area (Å²) < 4.78 is 10.7. The highest BCUT2D eigenvalue weighted by molar-refractivity contribution is 6.30. The second kappa shape index (κ2) is 7.49. The third kappa shape index (κ3) is 4.83. The molecule has 24 heavy (non-hydrogen) atoms. The summed E-state index contributed by atoms with van der Waals surface area (Å²) in [6.07, 6.45) is 0. The molecule has 0 aromatic heterocycles. The van der Waals surface area contributed by atoms with E-state index in [0.29, 0.717) is 16.3 Å². The van der Waals surface area contributed by atoms with Crippen molar-refractivity contribution in [2.24, 2.45) is 0 Å². The van der Waals surface area contributed by atoms with Crippen LogP contribution < -0.4 is 4.74 Å². The Kier molecular flexibility index (Phi) is 5.62. The van der Waals surface area contributed by atoms with E-state index in [2.05, 4.69) is 0 Å². The molecule has 0 radical (unpaired) electrons. The molecule has 2 aromatic rings. The number of ether oxygens (including phenoxy) is 2. The van der Waals surface area contributed by atoms with Crippen molar-refractivity contribution in [1.82, 2.24) is 0 Å². The molecule has 0 spiro atoms. The summed E-state index contributed by atoms with van der Waals surface area (Å²) in [7, 11) is 0. The van der Waals surface area contributed by atoms with Gasteiger partial charge in [-0.15, -0.1) is 0 Å². The highest BCUT2D eigenvalue weighted by atomic mass is 35.5. The molecule has 0 heterocycles. The lowest BCUT2D eigenvalue weighted by molar-refractivity contribution is -0.158. The van der Waals surface area contributed by atoms with Crippen LogP contribution >= 0.6 is 11.6 Å². The molecule has 4 nitrogen and oxygen atoms in total. The van der Waals surface area contributed by atoms with Crippen LogP contribution in [0.5, 0.6) is 5.75 Å². The number of esters is 1. The zero-order chi connectivity index (χ0) is 17.7. The van der Waals surface area contributed by atoms with Gasteiger partial charge in [0.1, 0.15) is 5.75 Å². The summed E-state index contributed by atoms with van der Waals surface area (Å²) in [5.41, 5.74) is 0.340. The topological polar surface area (TPSA) is 52.6 Å². The number of hydrogen-bond acceptors (Lipinski definition) is 4. The molecule has 2 rings (SSSR count). The van der Waals surface area contributed by atoms with Gasteiger partial charge >= 0.3 is 5.97 Å². The average Bonchev–Trinajstić information content (AvgIpc) is 2.55. The molecule has 0 unspecified atom stereocenters. The molecule has 0 fully saturated rings. The summed E-state index contributed by atoms with van der Waals surface area (Å²) in [4.78, 5) is 24.3. The molecule has 0 saturated heterocycles. The molecular formula is C19H19ClO4. The number of aryl methyl sites for hydroxylation is 1. The van der Waals surface area contributed by atoms with Crippen LogP contribution in [0.4, 0.5) is 0 Å². The van der Waals surface area contributed by atoms with Gasteiger partial charge in [0.2, 0.25) is 0 Å². The van der Waals surface area contributed by atoms with Crippen molar-refractivity contribution in [3.63, 3.8) is 0 Å². The summed E-state index contributed by atoms with van der Waals surface area (Å²) >= 11 is 5.81. The first-order valence-electron chi connectivity index (χ1n) is 7.49. The van der Waals surface area contributed by atoms with Gasteiger partial charge in [-0.3, -0.25) is 4.79 Å². The van der Waals surface area contributed by atoms with Crippen molar-refractivity contribution in [1.29, 1.82) is 0 Å². The maximum absolute atomic E-state index is 12.2. The summed E-state index contributed by atoms with van der Waals surface area (Å²) in [6, 6.07) is 13.7. The Morgan fingerprint density at radius 1 is 1.00 bits per heavy atom. The van der Waals surface area contributed by atoms with E-state index in [1.807, 2.05) is 19.1 Å². The normalized spacial score (nSPS) is 11.0. The van der Waals surface area contributed by atoms with E-state index in [4.69, 9.17) is 21.1 Å². The van der Waals surface area contributed by atoms with Crippen LogP contribution in [-0.4, -0.2) is 24.0 Å². The fraction of sp³-hybridized carbons (Fsp3) is 0.263. The Balaban J connectivity index is 1.93. The second-order valence-corrected chi connectivity index (χ2v) is 6.37. The molecule has 0 aliphatic rings. The molecule has 0 amide bonds. The Hall–Kier alpha value is -2.33. The van der Waals surface area contributed by atoms with Crippen molar-refractivity contribution in [2.75, 3.05) is 6.61 Å². The first-order valence-corrected chi connectivity index (χ1v) is 7.87. The van der Waals surface area contributed by atoms with Crippen LogP contribution in [0, 0.1) is 6.92 Å². The number of carbonyl (C=O) groups is 2. The lowest BCUT2D eigenvalue weighted by Gasteiger charge is -2.24. The molecule has 0 saturated carbocycles. The third-order valence-corrected chi connectivity index (χ3v) is 3.64. The molecule has 0 bridgehead atoms. The van der Waals surface area contributed by atoms with Crippen LogP contribution in [-0.2, 0) is 9.53 Å². The van der Waals surface area contributed by atoms with Crippen LogP contribution in [0.15, 0.2) is 48.5 Å². The smallest absolute Gasteiger partial charge is 0.350 e. The number of carbonyl (C=O) groups excluding carboxylic acids is 2. The van der Waals surface area contributed by atoms with E-state index in [0.717, 1.165) is 5.56 Å². The zero-order valence-corrected chi connectivity index (χ0v) is 14.6. The van der Waals surface area contributed by atoms with Gasteiger partial charge in [0, 0.05) is 10.6 Å². The average molecular weight is 347 g/mol. The Labute approximate surface area is 146 Å². The number of Topliss-reactive ketones (excluding diaryl/α,β-unsaturated/α-hetero) is 1. The highest BCUT2D eigenvalue weighted by Crippen LogP contribution is 2.21. The van der Waals surface area contributed by atoms with Crippen molar-refractivity contribution in [2.45, 2.75) is 26.4 Å². The van der Waals surface area contributed by atoms with Crippen molar-refractivity contribution in [3.8, 4) is 5.75 Å². The molecule has 5 heteroatoms. The Morgan fingerprint density at radius 3 is 2.17 bits per heavy atom. The minimum absolute atomic E-state index is 0.259. The van der Waals surface area contributed by atoms with Gasteiger partial charge in [0.15, 0.2) is 18.0 Å². The summed E-state index contributed by atoms with van der Waals surface area (Å²) in [6.45, 7) is 4.78. The van der Waals surface area contributed by atoms with Crippen LogP contribution in [0.25, 0.3) is 0 Å².